The first kappa shape index (κ1) is 17.3. The van der Waals surface area contributed by atoms with Crippen LogP contribution in [0.4, 0.5) is 5.13 Å². The molecule has 0 saturated carbocycles. The second-order valence-electron chi connectivity index (χ2n) is 5.02. The van der Waals surface area contributed by atoms with Gasteiger partial charge in [0.25, 0.3) is 5.56 Å². The molecule has 1 unspecified atom stereocenters. The van der Waals surface area contributed by atoms with Gasteiger partial charge in [-0.3, -0.25) is 14.9 Å². The van der Waals surface area contributed by atoms with E-state index in [1.165, 1.54) is 35.4 Å². The molecule has 0 saturated heterocycles. The molecule has 3 aromatic rings. The van der Waals surface area contributed by atoms with Crippen LogP contribution in [0.3, 0.4) is 0 Å². The molecule has 0 spiro atoms. The average Bonchev–Trinajstić information content (AvgIpc) is 3.09. The highest BCUT2D eigenvalue weighted by atomic mass is 32.2. The van der Waals surface area contributed by atoms with Crippen LogP contribution < -0.4 is 10.9 Å². The summed E-state index contributed by atoms with van der Waals surface area (Å²) < 4.78 is 0. The van der Waals surface area contributed by atoms with Crippen LogP contribution in [0.15, 0.2) is 52.5 Å². The smallest absolute Gasteiger partial charge is 0.251 e. The predicted octanol–water partition coefficient (Wildman–Crippen LogP) is 2.80. The van der Waals surface area contributed by atoms with Crippen LogP contribution in [-0.4, -0.2) is 31.3 Å². The summed E-state index contributed by atoms with van der Waals surface area (Å²) in [7, 11) is 0. The van der Waals surface area contributed by atoms with Gasteiger partial charge in [0.2, 0.25) is 11.0 Å². The van der Waals surface area contributed by atoms with Crippen molar-refractivity contribution in [3.63, 3.8) is 0 Å². The molecule has 7 nitrogen and oxygen atoms in total. The van der Waals surface area contributed by atoms with Gasteiger partial charge >= 0.3 is 0 Å². The fourth-order valence-corrected chi connectivity index (χ4v) is 3.66. The van der Waals surface area contributed by atoms with Gasteiger partial charge in [-0.05, 0) is 6.42 Å². The van der Waals surface area contributed by atoms with Gasteiger partial charge in [-0.2, -0.15) is 0 Å². The normalized spacial score (nSPS) is 11.9. The number of hydrogen-bond donors (Lipinski definition) is 2. The Morgan fingerprint density at radius 3 is 2.80 bits per heavy atom. The minimum Gasteiger partial charge on any atom is -0.301 e. The predicted molar refractivity (Wildman–Crippen MR) is 98.8 cm³/mol. The summed E-state index contributed by atoms with van der Waals surface area (Å²) in [6.07, 6.45) is 2.00. The summed E-state index contributed by atoms with van der Waals surface area (Å²) in [6.45, 7) is 1.90. The van der Waals surface area contributed by atoms with Crippen molar-refractivity contribution < 1.29 is 4.79 Å². The van der Waals surface area contributed by atoms with Crippen molar-refractivity contribution in [1.82, 2.24) is 20.2 Å². The second-order valence-corrected chi connectivity index (χ2v) is 7.19. The van der Waals surface area contributed by atoms with Gasteiger partial charge in [0.1, 0.15) is 5.01 Å². The Hall–Kier alpha value is -2.52. The van der Waals surface area contributed by atoms with Gasteiger partial charge in [0.15, 0.2) is 5.16 Å². The number of carbonyl (C=O) groups is 1. The number of hydrogen-bond acceptors (Lipinski definition) is 7. The maximum atomic E-state index is 12.5. The summed E-state index contributed by atoms with van der Waals surface area (Å²) in [6, 6.07) is 11.0. The summed E-state index contributed by atoms with van der Waals surface area (Å²) >= 11 is 2.53. The van der Waals surface area contributed by atoms with Crippen LogP contribution in [0.2, 0.25) is 0 Å². The Labute approximate surface area is 151 Å². The Kier molecular flexibility index (Phi) is 5.56. The largest absolute Gasteiger partial charge is 0.301 e. The van der Waals surface area contributed by atoms with Crippen molar-refractivity contribution in [2.45, 2.75) is 23.8 Å². The number of H-pyrrole nitrogens is 1. The molecule has 2 N–H and O–H groups in total. The molecule has 3 rings (SSSR count). The van der Waals surface area contributed by atoms with E-state index in [1.807, 2.05) is 37.3 Å². The first-order chi connectivity index (χ1) is 12.2. The fourth-order valence-electron chi connectivity index (χ4n) is 2.03. The zero-order valence-corrected chi connectivity index (χ0v) is 14.9. The molecule has 9 heteroatoms. The Morgan fingerprint density at radius 2 is 2.08 bits per heavy atom. The zero-order valence-electron chi connectivity index (χ0n) is 13.3. The van der Waals surface area contributed by atoms with E-state index < -0.39 is 5.25 Å². The number of aromatic amines is 1. The quantitative estimate of drug-likeness (QED) is 0.509. The van der Waals surface area contributed by atoms with E-state index >= 15 is 0 Å². The van der Waals surface area contributed by atoms with Crippen molar-refractivity contribution in [3.05, 3.63) is 52.9 Å². The number of thioether (sulfide) groups is 1. The monoisotopic (exact) mass is 373 g/mol. The Balaban J connectivity index is 1.68. The number of nitrogens with zero attached hydrogens (tertiary/aromatic N) is 3. The average molecular weight is 373 g/mol. The SMILES string of the molecule is CCC(Sc1nccc(=O)[nH]1)C(=O)Nc1nnc(-c2ccccc2)s1. The van der Waals surface area contributed by atoms with Crippen molar-refractivity contribution in [1.29, 1.82) is 0 Å². The van der Waals surface area contributed by atoms with Crippen molar-refractivity contribution in [2.75, 3.05) is 5.32 Å². The third kappa shape index (κ3) is 4.52. The second kappa shape index (κ2) is 8.04. The van der Waals surface area contributed by atoms with E-state index in [4.69, 9.17) is 0 Å². The van der Waals surface area contributed by atoms with E-state index in [1.54, 1.807) is 0 Å². The molecule has 0 aliphatic carbocycles. The highest BCUT2D eigenvalue weighted by Gasteiger charge is 2.20. The van der Waals surface area contributed by atoms with E-state index in [-0.39, 0.29) is 11.5 Å². The molecular weight excluding hydrogens is 358 g/mol. The zero-order chi connectivity index (χ0) is 17.6. The molecule has 2 heterocycles. The molecule has 0 radical (unpaired) electrons. The van der Waals surface area contributed by atoms with Gasteiger partial charge in [-0.25, -0.2) is 4.98 Å². The lowest BCUT2D eigenvalue weighted by atomic mass is 10.2. The molecule has 1 amide bonds. The van der Waals surface area contributed by atoms with Crippen LogP contribution in [0.25, 0.3) is 10.6 Å². The van der Waals surface area contributed by atoms with Crippen LogP contribution in [0, 0.1) is 0 Å². The summed E-state index contributed by atoms with van der Waals surface area (Å²) in [4.78, 5) is 30.5. The van der Waals surface area contributed by atoms with Crippen LogP contribution in [0.5, 0.6) is 0 Å². The standard InChI is InChI=1S/C16H15N5O2S2/c1-2-11(24-15-17-9-8-12(22)18-15)13(23)19-16-21-20-14(25-16)10-6-4-3-5-7-10/h3-9,11H,2H2,1H3,(H,17,18,22)(H,19,21,23). The van der Waals surface area contributed by atoms with E-state index in [2.05, 4.69) is 25.5 Å². The van der Waals surface area contributed by atoms with Gasteiger partial charge in [0, 0.05) is 17.8 Å². The van der Waals surface area contributed by atoms with Crippen LogP contribution >= 0.6 is 23.1 Å². The number of aromatic nitrogens is 4. The van der Waals surface area contributed by atoms with Crippen molar-refractivity contribution in [2.24, 2.45) is 0 Å². The minimum absolute atomic E-state index is 0.199. The number of rotatable bonds is 6. The third-order valence-corrected chi connectivity index (χ3v) is 5.39. The Morgan fingerprint density at radius 1 is 1.28 bits per heavy atom. The summed E-state index contributed by atoms with van der Waals surface area (Å²) in [5.74, 6) is -0.199. The molecule has 0 fully saturated rings. The minimum atomic E-state index is -0.394. The molecule has 1 aromatic carbocycles. The maximum absolute atomic E-state index is 12.5. The molecular formula is C16H15N5O2S2. The first-order valence-electron chi connectivity index (χ1n) is 7.57. The molecule has 0 aliphatic heterocycles. The lowest BCUT2D eigenvalue weighted by molar-refractivity contribution is -0.115. The van der Waals surface area contributed by atoms with E-state index in [0.717, 1.165) is 10.6 Å². The van der Waals surface area contributed by atoms with Crippen LogP contribution in [-0.2, 0) is 4.79 Å². The fraction of sp³-hybridized carbons (Fsp3) is 0.188. The van der Waals surface area contributed by atoms with Crippen molar-refractivity contribution >= 4 is 34.1 Å². The molecule has 128 valence electrons. The maximum Gasteiger partial charge on any atom is 0.251 e. The van der Waals surface area contributed by atoms with Gasteiger partial charge in [-0.1, -0.05) is 60.4 Å². The summed E-state index contributed by atoms with van der Waals surface area (Å²) in [5.41, 5.74) is 0.706. The molecule has 0 aliphatic rings. The topological polar surface area (TPSA) is 101 Å². The first-order valence-corrected chi connectivity index (χ1v) is 9.27. The third-order valence-electron chi connectivity index (χ3n) is 3.24. The molecule has 25 heavy (non-hydrogen) atoms. The lowest BCUT2D eigenvalue weighted by Gasteiger charge is -2.12. The molecule has 0 bridgehead atoms. The van der Waals surface area contributed by atoms with Crippen LogP contribution in [0.1, 0.15) is 13.3 Å². The highest BCUT2D eigenvalue weighted by Crippen LogP contribution is 2.27. The van der Waals surface area contributed by atoms with Crippen molar-refractivity contribution in [3.8, 4) is 10.6 Å². The number of anilines is 1. The van der Waals surface area contributed by atoms with E-state index in [9.17, 15) is 9.59 Å². The molecule has 1 atom stereocenters. The van der Waals surface area contributed by atoms with Gasteiger partial charge < -0.3 is 4.98 Å². The number of carbonyl (C=O) groups excluding carboxylic acids is 1. The van der Waals surface area contributed by atoms with Gasteiger partial charge in [0.05, 0.1) is 5.25 Å². The number of benzene rings is 1. The molecule has 2 aromatic heterocycles. The Bertz CT molecular complexity index is 910. The van der Waals surface area contributed by atoms with Gasteiger partial charge in [-0.15, -0.1) is 10.2 Å². The lowest BCUT2D eigenvalue weighted by Crippen LogP contribution is -2.25. The summed E-state index contributed by atoms with van der Waals surface area (Å²) in [5, 5.41) is 12.1. The van der Waals surface area contributed by atoms with E-state index in [0.29, 0.717) is 16.7 Å². The number of nitrogens with one attached hydrogen (secondary N) is 2. The number of amides is 1. The highest BCUT2D eigenvalue weighted by molar-refractivity contribution is 8.00.